The molecule has 1 aromatic carbocycles. The number of aromatic nitrogens is 2. The minimum atomic E-state index is 0. The van der Waals surface area contributed by atoms with Crippen molar-refractivity contribution < 1.29 is 9.47 Å². The molecule has 0 aliphatic carbocycles. The third kappa shape index (κ3) is 4.80. The van der Waals surface area contributed by atoms with Crippen molar-refractivity contribution in [2.75, 3.05) is 38.3 Å². The number of hydrogen-bond acceptors (Lipinski definition) is 6. The molecule has 0 atom stereocenters. The van der Waals surface area contributed by atoms with E-state index >= 15 is 0 Å². The van der Waals surface area contributed by atoms with E-state index < -0.39 is 0 Å². The number of nitrogens with one attached hydrogen (secondary N) is 1. The quantitative estimate of drug-likeness (QED) is 0.860. The Morgan fingerprint density at radius 2 is 1.83 bits per heavy atom. The smallest absolute Gasteiger partial charge is 0.225 e. The maximum atomic E-state index is 5.35. The zero-order valence-corrected chi connectivity index (χ0v) is 14.6. The van der Waals surface area contributed by atoms with Crippen molar-refractivity contribution in [3.63, 3.8) is 0 Å². The number of halogens is 1. The van der Waals surface area contributed by atoms with Gasteiger partial charge in [0, 0.05) is 49.7 Å². The number of morpholine rings is 1. The minimum Gasteiger partial charge on any atom is -0.496 e. The van der Waals surface area contributed by atoms with Crippen molar-refractivity contribution in [2.45, 2.75) is 13.1 Å². The van der Waals surface area contributed by atoms with Crippen LogP contribution >= 0.6 is 12.4 Å². The average Bonchev–Trinajstić information content (AvgIpc) is 2.63. The van der Waals surface area contributed by atoms with E-state index in [9.17, 15) is 0 Å². The van der Waals surface area contributed by atoms with Crippen LogP contribution in [-0.4, -0.2) is 43.4 Å². The Labute approximate surface area is 148 Å². The first-order chi connectivity index (χ1) is 11.4. The van der Waals surface area contributed by atoms with Crippen LogP contribution in [0.15, 0.2) is 36.7 Å². The predicted octanol–water partition coefficient (Wildman–Crippen LogP) is 2.03. The maximum Gasteiger partial charge on any atom is 0.225 e. The van der Waals surface area contributed by atoms with Crippen molar-refractivity contribution in [1.82, 2.24) is 15.3 Å². The molecule has 130 valence electrons. The molecule has 3 rings (SSSR count). The molecule has 1 aliphatic heterocycles. The van der Waals surface area contributed by atoms with Crippen molar-refractivity contribution in [1.29, 1.82) is 0 Å². The zero-order chi connectivity index (χ0) is 15.9. The van der Waals surface area contributed by atoms with E-state index in [1.807, 2.05) is 30.6 Å². The van der Waals surface area contributed by atoms with Crippen LogP contribution in [0.5, 0.6) is 5.75 Å². The molecular weight excluding hydrogens is 328 g/mol. The van der Waals surface area contributed by atoms with Gasteiger partial charge >= 0.3 is 0 Å². The summed E-state index contributed by atoms with van der Waals surface area (Å²) >= 11 is 0. The Morgan fingerprint density at radius 3 is 2.54 bits per heavy atom. The molecular formula is C17H23ClN4O2. The molecule has 0 amide bonds. The van der Waals surface area contributed by atoms with Gasteiger partial charge in [-0.15, -0.1) is 12.4 Å². The average molecular weight is 351 g/mol. The first-order valence-electron chi connectivity index (χ1n) is 7.83. The lowest BCUT2D eigenvalue weighted by molar-refractivity contribution is 0.122. The van der Waals surface area contributed by atoms with Crippen LogP contribution in [0, 0.1) is 0 Å². The van der Waals surface area contributed by atoms with Crippen LogP contribution in [0.2, 0.25) is 0 Å². The van der Waals surface area contributed by atoms with Gasteiger partial charge in [0.15, 0.2) is 0 Å². The van der Waals surface area contributed by atoms with Gasteiger partial charge in [-0.2, -0.15) is 0 Å². The van der Waals surface area contributed by atoms with E-state index in [0.717, 1.165) is 62.2 Å². The van der Waals surface area contributed by atoms with E-state index in [1.54, 1.807) is 7.11 Å². The van der Waals surface area contributed by atoms with Crippen molar-refractivity contribution in [3.8, 4) is 5.75 Å². The highest BCUT2D eigenvalue weighted by Crippen LogP contribution is 2.17. The summed E-state index contributed by atoms with van der Waals surface area (Å²) in [5.41, 5.74) is 2.21. The molecule has 7 heteroatoms. The van der Waals surface area contributed by atoms with Gasteiger partial charge in [0.25, 0.3) is 0 Å². The number of methoxy groups -OCH3 is 1. The van der Waals surface area contributed by atoms with E-state index in [1.165, 1.54) is 0 Å². The SMILES string of the molecule is COc1ccccc1CNCc1cnc(N2CCOCC2)nc1.Cl. The number of para-hydroxylation sites is 1. The fourth-order valence-corrected chi connectivity index (χ4v) is 2.56. The second-order valence-corrected chi connectivity index (χ2v) is 5.41. The summed E-state index contributed by atoms with van der Waals surface area (Å²) < 4.78 is 10.7. The molecule has 0 bridgehead atoms. The first-order valence-corrected chi connectivity index (χ1v) is 7.83. The molecule has 0 radical (unpaired) electrons. The molecule has 1 aliphatic rings. The Bertz CT molecular complexity index is 618. The molecule has 0 saturated carbocycles. The number of nitrogens with zero attached hydrogens (tertiary/aromatic N) is 3. The molecule has 0 unspecified atom stereocenters. The third-order valence-corrected chi connectivity index (χ3v) is 3.82. The lowest BCUT2D eigenvalue weighted by Crippen LogP contribution is -2.37. The van der Waals surface area contributed by atoms with Gasteiger partial charge in [0.1, 0.15) is 5.75 Å². The number of benzene rings is 1. The topological polar surface area (TPSA) is 59.5 Å². The molecule has 1 saturated heterocycles. The molecule has 1 N–H and O–H groups in total. The van der Waals surface area contributed by atoms with Gasteiger partial charge < -0.3 is 19.7 Å². The van der Waals surface area contributed by atoms with E-state index in [2.05, 4.69) is 26.3 Å². The summed E-state index contributed by atoms with van der Waals surface area (Å²) in [6, 6.07) is 8.02. The number of anilines is 1. The van der Waals surface area contributed by atoms with Crippen LogP contribution in [0.4, 0.5) is 5.95 Å². The normalized spacial score (nSPS) is 14.1. The molecule has 1 fully saturated rings. The molecule has 2 aromatic rings. The van der Waals surface area contributed by atoms with Gasteiger partial charge in [0.05, 0.1) is 20.3 Å². The van der Waals surface area contributed by atoms with Gasteiger partial charge in [-0.25, -0.2) is 9.97 Å². The standard InChI is InChI=1S/C17H22N4O2.ClH/c1-22-16-5-3-2-4-15(16)13-18-10-14-11-19-17(20-12-14)21-6-8-23-9-7-21;/h2-5,11-12,18H,6-10,13H2,1H3;1H. The Balaban J connectivity index is 0.00000208. The Hall–Kier alpha value is -1.89. The molecule has 1 aromatic heterocycles. The van der Waals surface area contributed by atoms with Crippen LogP contribution < -0.4 is 15.0 Å². The van der Waals surface area contributed by atoms with E-state index in [0.29, 0.717) is 0 Å². The molecule has 2 heterocycles. The van der Waals surface area contributed by atoms with E-state index in [-0.39, 0.29) is 12.4 Å². The predicted molar refractivity (Wildman–Crippen MR) is 95.8 cm³/mol. The number of ether oxygens (including phenoxy) is 2. The summed E-state index contributed by atoms with van der Waals surface area (Å²) in [6.45, 7) is 4.66. The third-order valence-electron chi connectivity index (χ3n) is 3.82. The van der Waals surface area contributed by atoms with Gasteiger partial charge in [-0.1, -0.05) is 18.2 Å². The van der Waals surface area contributed by atoms with Crippen molar-refractivity contribution >= 4 is 18.4 Å². The second-order valence-electron chi connectivity index (χ2n) is 5.41. The van der Waals surface area contributed by atoms with Crippen molar-refractivity contribution in [2.24, 2.45) is 0 Å². The van der Waals surface area contributed by atoms with Gasteiger partial charge in [-0.05, 0) is 6.07 Å². The summed E-state index contributed by atoms with van der Waals surface area (Å²) in [5.74, 6) is 1.68. The highest BCUT2D eigenvalue weighted by atomic mass is 35.5. The lowest BCUT2D eigenvalue weighted by atomic mass is 10.2. The van der Waals surface area contributed by atoms with Crippen LogP contribution in [0.3, 0.4) is 0 Å². The largest absolute Gasteiger partial charge is 0.496 e. The van der Waals surface area contributed by atoms with Gasteiger partial charge in [-0.3, -0.25) is 0 Å². The highest BCUT2D eigenvalue weighted by molar-refractivity contribution is 5.85. The maximum absolute atomic E-state index is 5.35. The molecule has 0 spiro atoms. The Morgan fingerprint density at radius 1 is 1.12 bits per heavy atom. The summed E-state index contributed by atoms with van der Waals surface area (Å²) in [6.07, 6.45) is 3.76. The first kappa shape index (κ1) is 18.4. The second kappa shape index (κ2) is 9.42. The number of hydrogen-bond donors (Lipinski definition) is 1. The van der Waals surface area contributed by atoms with E-state index in [4.69, 9.17) is 9.47 Å². The lowest BCUT2D eigenvalue weighted by Gasteiger charge is -2.26. The van der Waals surface area contributed by atoms with Crippen molar-refractivity contribution in [3.05, 3.63) is 47.8 Å². The van der Waals surface area contributed by atoms with Crippen LogP contribution in [-0.2, 0) is 17.8 Å². The molecule has 6 nitrogen and oxygen atoms in total. The Kier molecular flexibility index (Phi) is 7.24. The summed E-state index contributed by atoms with van der Waals surface area (Å²) in [5, 5.41) is 3.40. The summed E-state index contributed by atoms with van der Waals surface area (Å²) in [7, 11) is 1.69. The molecule has 24 heavy (non-hydrogen) atoms. The summed E-state index contributed by atoms with van der Waals surface area (Å²) in [4.78, 5) is 11.1. The zero-order valence-electron chi connectivity index (χ0n) is 13.8. The fraction of sp³-hybridized carbons (Fsp3) is 0.412. The highest BCUT2D eigenvalue weighted by Gasteiger charge is 2.13. The van der Waals surface area contributed by atoms with Gasteiger partial charge in [0.2, 0.25) is 5.95 Å². The van der Waals surface area contributed by atoms with Crippen LogP contribution in [0.1, 0.15) is 11.1 Å². The van der Waals surface area contributed by atoms with Crippen LogP contribution in [0.25, 0.3) is 0 Å². The fourth-order valence-electron chi connectivity index (χ4n) is 2.56. The number of rotatable bonds is 6. The minimum absolute atomic E-state index is 0. The monoisotopic (exact) mass is 350 g/mol.